The first-order chi connectivity index (χ1) is 17.7. The van der Waals surface area contributed by atoms with Crippen LogP contribution >= 0.6 is 19.4 Å². The van der Waals surface area contributed by atoms with Crippen LogP contribution in [0.4, 0.5) is 4.79 Å². The van der Waals surface area contributed by atoms with Crippen LogP contribution < -0.4 is 0 Å². The molecule has 1 rings (SSSR count). The second-order valence-electron chi connectivity index (χ2n) is 11.1. The maximum absolute atomic E-state index is 12.0. The number of unbranched alkanes of at least 4 members (excludes halogenated alkanes) is 7. The maximum Gasteiger partial charge on any atom is 0.435 e. The molecule has 0 bridgehead atoms. The van der Waals surface area contributed by atoms with Crippen LogP contribution in [0, 0.1) is 5.92 Å². The van der Waals surface area contributed by atoms with Gasteiger partial charge in [-0.1, -0.05) is 96.8 Å². The monoisotopic (exact) mass is 564 g/mol. The van der Waals surface area contributed by atoms with Crippen LogP contribution in [-0.2, 0) is 18.6 Å². The van der Waals surface area contributed by atoms with Crippen LogP contribution in [0.5, 0.6) is 0 Å². The van der Waals surface area contributed by atoms with E-state index < -0.39 is 19.4 Å². The summed E-state index contributed by atoms with van der Waals surface area (Å²) in [5, 5.41) is 0.585. The van der Waals surface area contributed by atoms with E-state index in [1.165, 1.54) is 108 Å². The Morgan fingerprint density at radius 3 is 2.32 bits per heavy atom. The van der Waals surface area contributed by atoms with Gasteiger partial charge in [0, 0.05) is 11.9 Å². The summed E-state index contributed by atoms with van der Waals surface area (Å²) in [6.45, 7) is 7.77. The normalized spacial score (nSPS) is 18.0. The summed E-state index contributed by atoms with van der Waals surface area (Å²) in [6.07, 6.45) is 22.0. The molecule has 0 amide bonds. The Labute approximate surface area is 232 Å². The van der Waals surface area contributed by atoms with Gasteiger partial charge in [0.1, 0.15) is 0 Å². The maximum atomic E-state index is 12.0. The van der Waals surface area contributed by atoms with E-state index in [1.807, 2.05) is 0 Å². The lowest BCUT2D eigenvalue weighted by molar-refractivity contribution is 0.0270. The molecule has 0 aromatic rings. The lowest BCUT2D eigenvalue weighted by Gasteiger charge is -2.21. The highest BCUT2D eigenvalue weighted by Crippen LogP contribution is 2.44. The molecular formula is C29H57O6PS. The minimum absolute atomic E-state index is 0.114. The molecule has 37 heavy (non-hydrogen) atoms. The molecule has 0 aromatic carbocycles. The van der Waals surface area contributed by atoms with E-state index in [-0.39, 0.29) is 12.7 Å². The van der Waals surface area contributed by atoms with E-state index in [2.05, 4.69) is 18.7 Å². The largest absolute Gasteiger partial charge is 0.454 e. The van der Waals surface area contributed by atoms with E-state index in [4.69, 9.17) is 14.0 Å². The summed E-state index contributed by atoms with van der Waals surface area (Å²) >= 11 is 2.09. The zero-order valence-corrected chi connectivity index (χ0v) is 26.0. The Hall–Kier alpha value is -0.0700. The Kier molecular flexibility index (Phi) is 20.5. The van der Waals surface area contributed by atoms with Crippen molar-refractivity contribution in [2.24, 2.45) is 5.92 Å². The Morgan fingerprint density at radius 2 is 1.62 bits per heavy atom. The first-order valence-corrected chi connectivity index (χ1v) is 17.8. The van der Waals surface area contributed by atoms with E-state index in [9.17, 15) is 14.3 Å². The van der Waals surface area contributed by atoms with E-state index >= 15 is 0 Å². The van der Waals surface area contributed by atoms with Crippen molar-refractivity contribution in [1.82, 2.24) is 0 Å². The number of thioether (sulfide) groups is 1. The van der Waals surface area contributed by atoms with E-state index in [1.54, 1.807) is 20.8 Å². The van der Waals surface area contributed by atoms with Crippen molar-refractivity contribution >= 4 is 25.1 Å². The fourth-order valence-electron chi connectivity index (χ4n) is 4.88. The van der Waals surface area contributed by atoms with Crippen molar-refractivity contribution < 1.29 is 28.3 Å². The van der Waals surface area contributed by atoms with Gasteiger partial charge in [-0.3, -0.25) is 4.52 Å². The number of carbonyl (C=O) groups excluding carboxylic acids is 1. The van der Waals surface area contributed by atoms with E-state index in [0.717, 1.165) is 12.3 Å². The van der Waals surface area contributed by atoms with Crippen LogP contribution in [0.2, 0.25) is 0 Å². The highest BCUT2D eigenvalue weighted by molar-refractivity contribution is 7.99. The molecule has 0 aliphatic heterocycles. The molecule has 0 saturated heterocycles. The molecule has 8 heteroatoms. The molecular weight excluding hydrogens is 507 g/mol. The van der Waals surface area contributed by atoms with Crippen LogP contribution in [0.1, 0.15) is 137 Å². The molecule has 3 unspecified atom stereocenters. The van der Waals surface area contributed by atoms with Gasteiger partial charge in [-0.2, -0.15) is 11.8 Å². The summed E-state index contributed by atoms with van der Waals surface area (Å²) in [7, 11) is -4.45. The number of hydrogen-bond donors (Lipinski definition) is 1. The third-order valence-electron chi connectivity index (χ3n) is 7.11. The fraction of sp³-hybridized carbons (Fsp3) is 0.966. The molecule has 0 aromatic heterocycles. The quantitative estimate of drug-likeness (QED) is 0.0977. The van der Waals surface area contributed by atoms with Gasteiger partial charge < -0.3 is 14.4 Å². The van der Waals surface area contributed by atoms with Crippen LogP contribution in [0.25, 0.3) is 0 Å². The zero-order valence-electron chi connectivity index (χ0n) is 24.3. The van der Waals surface area contributed by atoms with Crippen molar-refractivity contribution in [3.8, 4) is 0 Å². The highest BCUT2D eigenvalue weighted by atomic mass is 32.2. The fourth-order valence-corrected chi connectivity index (χ4v) is 7.04. The second-order valence-corrected chi connectivity index (χ2v) is 14.2. The van der Waals surface area contributed by atoms with Gasteiger partial charge in [-0.15, -0.1) is 0 Å². The number of rotatable bonds is 23. The molecule has 1 fully saturated rings. The second kappa shape index (κ2) is 21.7. The number of ether oxygens (including phenoxy) is 2. The van der Waals surface area contributed by atoms with E-state index in [0.29, 0.717) is 11.9 Å². The first-order valence-electron chi connectivity index (χ1n) is 15.2. The standard InChI is InChI=1S/C29H57O6PS/c1-5-6-7-8-15-20-28(37-23-16-10-9-12-17-27-18-13-11-14-19-27)21-22-33-26(4)24-34-36(31,32)29(30)35-25(2)3/h25-28H,5-24H2,1-4H3,(H,31,32). The average molecular weight is 565 g/mol. The molecule has 3 atom stereocenters. The van der Waals surface area contributed by atoms with Gasteiger partial charge in [-0.25, -0.2) is 9.36 Å². The van der Waals surface area contributed by atoms with Crippen molar-refractivity contribution in [1.29, 1.82) is 0 Å². The topological polar surface area (TPSA) is 82.1 Å². The smallest absolute Gasteiger partial charge is 0.435 e. The summed E-state index contributed by atoms with van der Waals surface area (Å²) in [4.78, 5) is 21.5. The van der Waals surface area contributed by atoms with Crippen LogP contribution in [0.3, 0.4) is 0 Å². The molecule has 1 aliphatic rings. The van der Waals surface area contributed by atoms with Gasteiger partial charge in [0.05, 0.1) is 18.8 Å². The predicted molar refractivity (Wildman–Crippen MR) is 157 cm³/mol. The third-order valence-corrected chi connectivity index (χ3v) is 9.64. The summed E-state index contributed by atoms with van der Waals surface area (Å²) < 4.78 is 27.7. The van der Waals surface area contributed by atoms with Gasteiger partial charge >= 0.3 is 13.3 Å². The molecule has 1 aliphatic carbocycles. The molecule has 220 valence electrons. The Balaban J connectivity index is 2.26. The van der Waals surface area contributed by atoms with Gasteiger partial charge in [0.25, 0.3) is 0 Å². The Bertz CT molecular complexity index is 611. The summed E-state index contributed by atoms with van der Waals surface area (Å²) in [6, 6.07) is 0. The lowest BCUT2D eigenvalue weighted by Crippen LogP contribution is -2.20. The third kappa shape index (κ3) is 18.8. The predicted octanol–water partition coefficient (Wildman–Crippen LogP) is 9.52. The molecule has 6 nitrogen and oxygen atoms in total. The number of hydrogen-bond acceptors (Lipinski definition) is 6. The average Bonchev–Trinajstić information content (AvgIpc) is 2.86. The molecule has 0 heterocycles. The summed E-state index contributed by atoms with van der Waals surface area (Å²) in [5.41, 5.74) is -1.21. The van der Waals surface area contributed by atoms with Crippen molar-refractivity contribution in [3.05, 3.63) is 0 Å². The SMILES string of the molecule is CCCCCCCC(CCOC(C)COP(=O)(O)C(=O)OC(C)C)SCCCCCCC1CCCCC1. The minimum atomic E-state index is -4.45. The van der Waals surface area contributed by atoms with Gasteiger partial charge in [-0.05, 0) is 51.7 Å². The van der Waals surface area contributed by atoms with Crippen molar-refractivity contribution in [3.63, 3.8) is 0 Å². The van der Waals surface area contributed by atoms with Crippen molar-refractivity contribution in [2.45, 2.75) is 154 Å². The Morgan fingerprint density at radius 1 is 0.946 bits per heavy atom. The lowest BCUT2D eigenvalue weighted by atomic mass is 9.85. The van der Waals surface area contributed by atoms with Crippen molar-refractivity contribution in [2.75, 3.05) is 19.0 Å². The van der Waals surface area contributed by atoms with Gasteiger partial charge in [0.2, 0.25) is 0 Å². The molecule has 0 radical (unpaired) electrons. The summed E-state index contributed by atoms with van der Waals surface area (Å²) in [5.74, 6) is 2.22. The molecule has 0 spiro atoms. The van der Waals surface area contributed by atoms with Crippen LogP contribution in [-0.4, -0.2) is 47.0 Å². The first kappa shape index (κ1) is 35.0. The van der Waals surface area contributed by atoms with Gasteiger partial charge in [0.15, 0.2) is 0 Å². The number of carbonyl (C=O) groups is 1. The van der Waals surface area contributed by atoms with Crippen LogP contribution in [0.15, 0.2) is 0 Å². The minimum Gasteiger partial charge on any atom is -0.454 e. The highest BCUT2D eigenvalue weighted by Gasteiger charge is 2.34. The molecule has 1 N–H and O–H groups in total. The molecule has 1 saturated carbocycles. The zero-order chi connectivity index (χ0) is 27.4.